The highest BCUT2D eigenvalue weighted by atomic mass is 16.5. The zero-order chi connectivity index (χ0) is 13.7. The van der Waals surface area contributed by atoms with E-state index >= 15 is 0 Å². The molecule has 0 aliphatic heterocycles. The number of rotatable bonds is 5. The summed E-state index contributed by atoms with van der Waals surface area (Å²) in [6.45, 7) is 3.55. The minimum absolute atomic E-state index is 0.00926. The van der Waals surface area contributed by atoms with Gasteiger partial charge in [-0.3, -0.25) is 9.78 Å². The van der Waals surface area contributed by atoms with E-state index in [1.54, 1.807) is 7.05 Å². The van der Waals surface area contributed by atoms with Gasteiger partial charge in [-0.05, 0) is 19.9 Å². The fraction of sp³-hybridized carbons (Fsp3) is 0.417. The van der Waals surface area contributed by atoms with Crippen LogP contribution in [0.5, 0.6) is 5.75 Å². The molecule has 18 heavy (non-hydrogen) atoms. The lowest BCUT2D eigenvalue weighted by atomic mass is 10.2. The second kappa shape index (κ2) is 6.00. The van der Waals surface area contributed by atoms with Crippen molar-refractivity contribution in [2.24, 2.45) is 0 Å². The number of aromatic carboxylic acids is 1. The van der Waals surface area contributed by atoms with Gasteiger partial charge in [-0.1, -0.05) is 0 Å². The maximum Gasteiger partial charge on any atom is 0.339 e. The van der Waals surface area contributed by atoms with Gasteiger partial charge in [0.25, 0.3) is 5.91 Å². The molecular formula is C12H16N2O4. The van der Waals surface area contributed by atoms with E-state index in [0.29, 0.717) is 0 Å². The SMILES string of the molecule is CC(C)N(C)C(=O)COc1cnccc1C(=O)O. The van der Waals surface area contributed by atoms with Crippen LogP contribution in [0.2, 0.25) is 0 Å². The summed E-state index contributed by atoms with van der Waals surface area (Å²) in [6.07, 6.45) is 2.64. The number of carbonyl (C=O) groups is 2. The van der Waals surface area contributed by atoms with Crippen LogP contribution in [-0.4, -0.2) is 46.6 Å². The van der Waals surface area contributed by atoms with Gasteiger partial charge < -0.3 is 14.7 Å². The van der Waals surface area contributed by atoms with E-state index in [0.717, 1.165) is 0 Å². The van der Waals surface area contributed by atoms with Gasteiger partial charge in [-0.15, -0.1) is 0 Å². The molecule has 98 valence electrons. The fourth-order valence-corrected chi connectivity index (χ4v) is 1.20. The van der Waals surface area contributed by atoms with E-state index in [2.05, 4.69) is 4.98 Å². The number of pyridine rings is 1. The van der Waals surface area contributed by atoms with Crippen LogP contribution >= 0.6 is 0 Å². The van der Waals surface area contributed by atoms with Crippen LogP contribution in [0.4, 0.5) is 0 Å². The average Bonchev–Trinajstić information content (AvgIpc) is 2.35. The Morgan fingerprint density at radius 2 is 2.17 bits per heavy atom. The number of hydrogen-bond donors (Lipinski definition) is 1. The van der Waals surface area contributed by atoms with Crippen molar-refractivity contribution in [2.75, 3.05) is 13.7 Å². The molecule has 0 bridgehead atoms. The summed E-state index contributed by atoms with van der Waals surface area (Å²) in [5.41, 5.74) is -0.00926. The zero-order valence-electron chi connectivity index (χ0n) is 10.6. The summed E-state index contributed by atoms with van der Waals surface area (Å²) in [7, 11) is 1.66. The largest absolute Gasteiger partial charge is 0.481 e. The molecule has 6 heteroatoms. The molecule has 0 atom stereocenters. The summed E-state index contributed by atoms with van der Waals surface area (Å²) in [4.78, 5) is 27.9. The zero-order valence-corrected chi connectivity index (χ0v) is 10.6. The van der Waals surface area contributed by atoms with Crippen molar-refractivity contribution in [3.8, 4) is 5.75 Å². The molecule has 0 aliphatic rings. The molecule has 1 rings (SSSR count). The van der Waals surface area contributed by atoms with Crippen molar-refractivity contribution in [3.05, 3.63) is 24.0 Å². The van der Waals surface area contributed by atoms with Crippen molar-refractivity contribution in [1.82, 2.24) is 9.88 Å². The van der Waals surface area contributed by atoms with Gasteiger partial charge in [0.1, 0.15) is 5.56 Å². The Kier molecular flexibility index (Phi) is 4.65. The monoisotopic (exact) mass is 252 g/mol. The molecule has 1 amide bonds. The molecule has 1 heterocycles. The number of aromatic nitrogens is 1. The Morgan fingerprint density at radius 1 is 1.50 bits per heavy atom. The summed E-state index contributed by atoms with van der Waals surface area (Å²) in [5, 5.41) is 8.93. The minimum atomic E-state index is -1.11. The topological polar surface area (TPSA) is 79.7 Å². The summed E-state index contributed by atoms with van der Waals surface area (Å²) in [5.74, 6) is -1.24. The predicted molar refractivity (Wildman–Crippen MR) is 64.6 cm³/mol. The minimum Gasteiger partial charge on any atom is -0.481 e. The Labute approximate surface area is 105 Å². The van der Waals surface area contributed by atoms with Gasteiger partial charge in [-0.2, -0.15) is 0 Å². The van der Waals surface area contributed by atoms with Gasteiger partial charge >= 0.3 is 5.97 Å². The summed E-state index contributed by atoms with van der Waals surface area (Å²) < 4.78 is 5.20. The highest BCUT2D eigenvalue weighted by Crippen LogP contribution is 2.16. The van der Waals surface area contributed by atoms with Crippen molar-refractivity contribution in [3.63, 3.8) is 0 Å². The van der Waals surface area contributed by atoms with Crippen LogP contribution in [0.25, 0.3) is 0 Å². The van der Waals surface area contributed by atoms with E-state index in [1.807, 2.05) is 13.8 Å². The first-order valence-electron chi connectivity index (χ1n) is 5.49. The molecule has 0 fully saturated rings. The van der Waals surface area contributed by atoms with Crippen molar-refractivity contribution in [2.45, 2.75) is 19.9 Å². The highest BCUT2D eigenvalue weighted by Gasteiger charge is 2.15. The first-order valence-corrected chi connectivity index (χ1v) is 5.49. The quantitative estimate of drug-likeness (QED) is 0.846. The fourth-order valence-electron chi connectivity index (χ4n) is 1.20. The summed E-state index contributed by atoms with van der Waals surface area (Å²) in [6, 6.07) is 1.39. The maximum atomic E-state index is 11.7. The molecular weight excluding hydrogens is 236 g/mol. The lowest BCUT2D eigenvalue weighted by molar-refractivity contribution is -0.133. The lowest BCUT2D eigenvalue weighted by Crippen LogP contribution is -2.36. The van der Waals surface area contributed by atoms with Crippen molar-refractivity contribution >= 4 is 11.9 Å². The third-order valence-electron chi connectivity index (χ3n) is 2.53. The molecule has 1 aromatic heterocycles. The second-order valence-corrected chi connectivity index (χ2v) is 4.06. The Hall–Kier alpha value is -2.11. The molecule has 1 N–H and O–H groups in total. The number of carboxylic acids is 1. The van der Waals surface area contributed by atoms with E-state index < -0.39 is 5.97 Å². The molecule has 0 aliphatic carbocycles. The standard InChI is InChI=1S/C12H16N2O4/c1-8(2)14(3)11(15)7-18-10-6-13-5-4-9(10)12(16)17/h4-6,8H,7H2,1-3H3,(H,16,17). The third kappa shape index (κ3) is 3.44. The molecule has 0 radical (unpaired) electrons. The number of carbonyl (C=O) groups excluding carboxylic acids is 1. The Morgan fingerprint density at radius 3 is 2.72 bits per heavy atom. The molecule has 1 aromatic rings. The van der Waals surface area contributed by atoms with E-state index in [9.17, 15) is 9.59 Å². The number of likely N-dealkylation sites (N-methyl/N-ethyl adjacent to an activating group) is 1. The first kappa shape index (κ1) is 14.0. The molecule has 0 unspecified atom stereocenters. The van der Waals surface area contributed by atoms with E-state index in [4.69, 9.17) is 9.84 Å². The lowest BCUT2D eigenvalue weighted by Gasteiger charge is -2.21. The number of carboxylic acid groups (broad SMARTS) is 1. The molecule has 6 nitrogen and oxygen atoms in total. The van der Waals surface area contributed by atoms with Crippen LogP contribution in [0.15, 0.2) is 18.5 Å². The highest BCUT2D eigenvalue weighted by molar-refractivity contribution is 5.90. The Balaban J connectivity index is 2.70. The number of nitrogens with zero attached hydrogens (tertiary/aromatic N) is 2. The van der Waals surface area contributed by atoms with Gasteiger partial charge in [0, 0.05) is 19.3 Å². The number of amides is 1. The van der Waals surface area contributed by atoms with E-state index in [1.165, 1.54) is 23.4 Å². The summed E-state index contributed by atoms with van der Waals surface area (Å²) >= 11 is 0. The maximum absolute atomic E-state index is 11.7. The number of hydrogen-bond acceptors (Lipinski definition) is 4. The molecule has 0 aromatic carbocycles. The van der Waals surface area contributed by atoms with Gasteiger partial charge in [0.15, 0.2) is 12.4 Å². The van der Waals surface area contributed by atoms with Crippen LogP contribution < -0.4 is 4.74 Å². The Bertz CT molecular complexity index is 445. The second-order valence-electron chi connectivity index (χ2n) is 4.06. The number of ether oxygens (including phenoxy) is 1. The molecule has 0 spiro atoms. The van der Waals surface area contributed by atoms with Crippen molar-refractivity contribution in [1.29, 1.82) is 0 Å². The van der Waals surface area contributed by atoms with E-state index in [-0.39, 0.29) is 29.9 Å². The van der Waals surface area contributed by atoms with Crippen LogP contribution in [0, 0.1) is 0 Å². The van der Waals surface area contributed by atoms with Gasteiger partial charge in [0.2, 0.25) is 0 Å². The van der Waals surface area contributed by atoms with Crippen LogP contribution in [0.1, 0.15) is 24.2 Å². The van der Waals surface area contributed by atoms with Crippen LogP contribution in [-0.2, 0) is 4.79 Å². The normalized spacial score (nSPS) is 10.2. The predicted octanol–water partition coefficient (Wildman–Crippen LogP) is 1.03. The van der Waals surface area contributed by atoms with Gasteiger partial charge in [0.05, 0.1) is 6.20 Å². The average molecular weight is 252 g/mol. The first-order chi connectivity index (χ1) is 8.43. The molecule has 0 saturated heterocycles. The molecule has 0 saturated carbocycles. The van der Waals surface area contributed by atoms with Crippen LogP contribution in [0.3, 0.4) is 0 Å². The smallest absolute Gasteiger partial charge is 0.339 e. The third-order valence-corrected chi connectivity index (χ3v) is 2.53. The van der Waals surface area contributed by atoms with Gasteiger partial charge in [-0.25, -0.2) is 4.79 Å². The van der Waals surface area contributed by atoms with Crippen molar-refractivity contribution < 1.29 is 19.4 Å².